The first-order valence-corrected chi connectivity index (χ1v) is 5.06. The summed E-state index contributed by atoms with van der Waals surface area (Å²) in [4.78, 5) is 11.1. The lowest BCUT2D eigenvalue weighted by atomic mass is 10.1. The van der Waals surface area contributed by atoms with Gasteiger partial charge in [0.05, 0.1) is 0 Å². The summed E-state index contributed by atoms with van der Waals surface area (Å²) in [5, 5.41) is 2.99. The van der Waals surface area contributed by atoms with Gasteiger partial charge in [0.15, 0.2) is 5.78 Å². The molecule has 0 amide bonds. The molecule has 10 heavy (non-hydrogen) atoms. The highest BCUT2D eigenvalue weighted by Crippen LogP contribution is 2.09. The molecule has 3 atom stereocenters. The van der Waals surface area contributed by atoms with Crippen LogP contribution in [0.15, 0.2) is 0 Å². The Morgan fingerprint density at radius 2 is 2.50 bits per heavy atom. The largest absolute Gasteiger partial charge is 0.385 e. The van der Waals surface area contributed by atoms with Gasteiger partial charge >= 0.3 is 0 Å². The zero-order valence-corrected chi connectivity index (χ0v) is 9.12. The molecule has 1 heterocycles. The fraction of sp³-hybridized carbons (Fsp3) is 0.800. The number of Topliss-reactive ketones (excluding diaryl/α,β-unsaturated/α-hetero) is 1. The molecule has 1 unspecified atom stereocenters. The number of hydrogen-bond acceptors (Lipinski definition) is 3. The van der Waals surface area contributed by atoms with E-state index >= 15 is 0 Å². The zero-order valence-electron chi connectivity index (χ0n) is 5.96. The number of rotatable bonds is 1. The Labute approximate surface area is 70.6 Å². The number of carbonyl (C=O) groups is 1. The van der Waals surface area contributed by atoms with Crippen LogP contribution in [0, 0.1) is 0 Å². The van der Waals surface area contributed by atoms with Gasteiger partial charge in [0.2, 0.25) is 0 Å². The number of hydrogen-bond donors (Lipinski definition) is 1. The molecule has 5 heteroatoms. The lowest BCUT2D eigenvalue weighted by Crippen LogP contribution is -2.44. The second-order valence-electron chi connectivity index (χ2n) is 2.53. The summed E-state index contributed by atoms with van der Waals surface area (Å²) in [6.45, 7) is 0.316. The minimum atomic E-state index is 0.201. The average molecular weight is 175 g/mol. The maximum Gasteiger partial charge on any atom is 0.261 e. The summed E-state index contributed by atoms with van der Waals surface area (Å²) in [6.07, 6.45) is 0.623. The second kappa shape index (κ2) is 3.80. The van der Waals surface area contributed by atoms with Gasteiger partial charge in [0, 0.05) is 17.4 Å². The molecular weight excluding hydrogens is 164 g/mol. The van der Waals surface area contributed by atoms with Crippen LogP contribution >= 0.6 is 9.39 Å². The van der Waals surface area contributed by atoms with E-state index in [1.54, 1.807) is 0 Å². The van der Waals surface area contributed by atoms with Crippen LogP contribution in [0.1, 0.15) is 6.42 Å². The van der Waals surface area contributed by atoms with Crippen molar-refractivity contribution in [1.29, 1.82) is 0 Å². The molecule has 1 fully saturated rings. The van der Waals surface area contributed by atoms with E-state index in [1.165, 1.54) is 0 Å². The van der Waals surface area contributed by atoms with Crippen molar-refractivity contribution in [3.05, 3.63) is 0 Å². The van der Waals surface area contributed by atoms with Gasteiger partial charge in [-0.3, -0.25) is 9.88 Å². The molecule has 1 rings (SSSR count). The van der Waals surface area contributed by atoms with Gasteiger partial charge in [-0.2, -0.15) is 0 Å². The summed E-state index contributed by atoms with van der Waals surface area (Å²) < 4.78 is 5.23. The number of ketones is 1. The van der Waals surface area contributed by atoms with Gasteiger partial charge in [-0.25, -0.2) is 0 Å². The Bertz CT molecular complexity index is 144. The highest BCUT2D eigenvalue weighted by molar-refractivity contribution is 7.13. The summed E-state index contributed by atoms with van der Waals surface area (Å²) in [5.41, 5.74) is 0. The maximum atomic E-state index is 10.8. The summed E-state index contributed by atoms with van der Waals surface area (Å²) >= 11 is 0.984. The SMILES string of the molecule is O=C1CO[C@H]([AlH2])[C@@H](NP)C1. The van der Waals surface area contributed by atoms with Crippen molar-refractivity contribution in [3.8, 4) is 0 Å². The van der Waals surface area contributed by atoms with E-state index in [9.17, 15) is 4.79 Å². The monoisotopic (exact) mass is 175 g/mol. The van der Waals surface area contributed by atoms with Gasteiger partial charge in [-0.1, -0.05) is 9.39 Å². The van der Waals surface area contributed by atoms with E-state index in [1.807, 2.05) is 0 Å². The topological polar surface area (TPSA) is 38.3 Å². The van der Waals surface area contributed by atoms with Crippen molar-refractivity contribution in [3.63, 3.8) is 0 Å². The van der Waals surface area contributed by atoms with Crippen molar-refractivity contribution in [1.82, 2.24) is 5.09 Å². The average Bonchev–Trinajstić information content (AvgIpc) is 1.94. The molecule has 3 nitrogen and oxygen atoms in total. The highest BCUT2D eigenvalue weighted by Gasteiger charge is 2.24. The highest BCUT2D eigenvalue weighted by atomic mass is 31.0. The Kier molecular flexibility index (Phi) is 3.29. The van der Waals surface area contributed by atoms with E-state index in [0.29, 0.717) is 13.0 Å². The van der Waals surface area contributed by atoms with Gasteiger partial charge in [0.1, 0.15) is 6.61 Å². The van der Waals surface area contributed by atoms with Crippen LogP contribution in [-0.2, 0) is 9.53 Å². The normalized spacial score (nSPS) is 34.3. The third-order valence-electron chi connectivity index (χ3n) is 1.74. The van der Waals surface area contributed by atoms with Crippen LogP contribution in [0.2, 0.25) is 0 Å². The van der Waals surface area contributed by atoms with Crippen molar-refractivity contribution in [2.75, 3.05) is 6.61 Å². The Hall–Kier alpha value is 0.552. The second-order valence-corrected chi connectivity index (χ2v) is 4.00. The lowest BCUT2D eigenvalue weighted by molar-refractivity contribution is -0.129. The molecule has 56 valence electrons. The maximum absolute atomic E-state index is 10.8. The molecule has 0 aliphatic carbocycles. The molecule has 1 saturated heterocycles. The van der Waals surface area contributed by atoms with E-state index in [-0.39, 0.29) is 16.8 Å². The molecule has 0 spiro atoms. The molecule has 0 aromatic rings. The first kappa shape index (κ1) is 8.65. The Balaban J connectivity index is 2.45. The van der Waals surface area contributed by atoms with Gasteiger partial charge in [-0.15, -0.1) is 0 Å². The Morgan fingerprint density at radius 3 is 3.00 bits per heavy atom. The third-order valence-corrected chi connectivity index (χ3v) is 3.30. The molecule has 1 aliphatic heterocycles. The summed E-state index contributed by atoms with van der Waals surface area (Å²) in [6, 6.07) is 0.234. The van der Waals surface area contributed by atoms with Crippen LogP contribution in [0.25, 0.3) is 0 Å². The van der Waals surface area contributed by atoms with E-state index in [4.69, 9.17) is 4.74 Å². The summed E-state index contributed by atoms with van der Waals surface area (Å²) in [7, 11) is 2.43. The fourth-order valence-corrected chi connectivity index (χ4v) is 2.37. The van der Waals surface area contributed by atoms with Gasteiger partial charge in [-0.05, 0) is 0 Å². The minimum absolute atomic E-state index is 0.201. The molecule has 0 aromatic carbocycles. The number of ether oxygens (including phenoxy) is 1. The molecule has 0 aromatic heterocycles. The third kappa shape index (κ3) is 2.02. The van der Waals surface area contributed by atoms with Crippen molar-refractivity contribution < 1.29 is 9.53 Å². The van der Waals surface area contributed by atoms with E-state index in [0.717, 1.165) is 16.3 Å². The lowest BCUT2D eigenvalue weighted by Gasteiger charge is -2.27. The predicted octanol–water partition coefficient (Wildman–Crippen LogP) is -1.32. The van der Waals surface area contributed by atoms with Crippen molar-refractivity contribution in [2.24, 2.45) is 0 Å². The molecule has 1 aliphatic rings. The molecule has 0 saturated carbocycles. The predicted molar refractivity (Wildman–Crippen MR) is 44.5 cm³/mol. The van der Waals surface area contributed by atoms with Gasteiger partial charge in [0.25, 0.3) is 16.3 Å². The fourth-order valence-electron chi connectivity index (χ4n) is 1.01. The van der Waals surface area contributed by atoms with Crippen LogP contribution in [0.5, 0.6) is 0 Å². The number of nitrogens with one attached hydrogen (secondary N) is 1. The Morgan fingerprint density at radius 1 is 1.80 bits per heavy atom. The van der Waals surface area contributed by atoms with Crippen LogP contribution in [0.3, 0.4) is 0 Å². The minimum Gasteiger partial charge on any atom is -0.385 e. The molecule has 0 radical (unpaired) electrons. The molecule has 0 bridgehead atoms. The van der Waals surface area contributed by atoms with E-state index in [2.05, 4.69) is 14.5 Å². The number of carbonyl (C=O) groups excluding carboxylic acids is 1. The molecular formula is C5H11AlNO2P. The van der Waals surface area contributed by atoms with Crippen LogP contribution in [-0.4, -0.2) is 39.7 Å². The standard InChI is InChI=1S/C5H9NO2P.Al.2H/c7-5-1-4(6-9)2-8-3-5;;;/h2,4,6H,1,3,9H2;;;/t4-;;;/m0.../s1. The quantitative estimate of drug-likeness (QED) is 0.397. The smallest absolute Gasteiger partial charge is 0.261 e. The van der Waals surface area contributed by atoms with Gasteiger partial charge < -0.3 is 4.74 Å². The van der Waals surface area contributed by atoms with E-state index < -0.39 is 0 Å². The van der Waals surface area contributed by atoms with Crippen LogP contribution in [0.4, 0.5) is 0 Å². The van der Waals surface area contributed by atoms with Crippen LogP contribution < -0.4 is 5.09 Å². The zero-order chi connectivity index (χ0) is 7.56. The van der Waals surface area contributed by atoms with Crippen molar-refractivity contribution >= 4 is 31.5 Å². The first-order chi connectivity index (χ1) is 4.74. The first-order valence-electron chi connectivity index (χ1n) is 3.33. The molecule has 1 N–H and O–H groups in total. The summed E-state index contributed by atoms with van der Waals surface area (Å²) in [5.74, 6) is 0.201. The van der Waals surface area contributed by atoms with Crippen molar-refractivity contribution in [2.45, 2.75) is 17.4 Å².